The number of nitrogens with zero attached hydrogens (tertiary/aromatic N) is 3. The molecular formula is C13H14N4O4. The highest BCUT2D eigenvalue weighted by molar-refractivity contribution is 5.83. The van der Waals surface area contributed by atoms with Crippen LogP contribution in [0, 0.1) is 0 Å². The normalized spacial score (nSPS) is 11.9. The van der Waals surface area contributed by atoms with Crippen molar-refractivity contribution in [1.82, 2.24) is 20.4 Å². The second-order valence-electron chi connectivity index (χ2n) is 4.38. The molecule has 2 aromatic heterocycles. The average molecular weight is 290 g/mol. The van der Waals surface area contributed by atoms with Gasteiger partial charge in [0.15, 0.2) is 0 Å². The maximum atomic E-state index is 11.5. The molecule has 2 rings (SSSR count). The summed E-state index contributed by atoms with van der Waals surface area (Å²) in [4.78, 5) is 30.2. The summed E-state index contributed by atoms with van der Waals surface area (Å²) in [5.41, 5.74) is 0.768. The lowest BCUT2D eigenvalue weighted by atomic mass is 10.2. The van der Waals surface area contributed by atoms with Crippen molar-refractivity contribution in [3.63, 3.8) is 0 Å². The molecule has 0 aliphatic carbocycles. The molecule has 0 saturated heterocycles. The molecule has 0 radical (unpaired) electrons. The summed E-state index contributed by atoms with van der Waals surface area (Å²) < 4.78 is 5.04. The monoisotopic (exact) mass is 290 g/mol. The van der Waals surface area contributed by atoms with E-state index in [2.05, 4.69) is 20.4 Å². The number of hydrogen-bond acceptors (Lipinski definition) is 6. The second-order valence-corrected chi connectivity index (χ2v) is 4.38. The molecule has 2 aromatic rings. The number of rotatable bonds is 6. The molecule has 2 heterocycles. The summed E-state index contributed by atoms with van der Waals surface area (Å²) in [5, 5.41) is 14.9. The van der Waals surface area contributed by atoms with Gasteiger partial charge in [0.1, 0.15) is 6.04 Å². The van der Waals surface area contributed by atoms with Crippen LogP contribution >= 0.6 is 0 Å². The van der Waals surface area contributed by atoms with Crippen molar-refractivity contribution >= 4 is 11.9 Å². The lowest BCUT2D eigenvalue weighted by Crippen LogP contribution is -2.38. The Morgan fingerprint density at radius 1 is 1.38 bits per heavy atom. The van der Waals surface area contributed by atoms with Gasteiger partial charge in [0.2, 0.25) is 17.6 Å². The van der Waals surface area contributed by atoms with Crippen molar-refractivity contribution in [2.45, 2.75) is 25.8 Å². The number of carboxylic acids is 1. The Morgan fingerprint density at radius 2 is 2.10 bits per heavy atom. The van der Waals surface area contributed by atoms with E-state index in [1.165, 1.54) is 6.92 Å². The number of hydrogen-bond donors (Lipinski definition) is 2. The number of aliphatic carboxylic acids is 1. The van der Waals surface area contributed by atoms with E-state index >= 15 is 0 Å². The molecular weight excluding hydrogens is 276 g/mol. The zero-order valence-corrected chi connectivity index (χ0v) is 11.3. The van der Waals surface area contributed by atoms with Gasteiger partial charge in [-0.1, -0.05) is 5.16 Å². The molecule has 0 aliphatic rings. The van der Waals surface area contributed by atoms with Crippen molar-refractivity contribution in [2.24, 2.45) is 0 Å². The Hall–Kier alpha value is -2.77. The van der Waals surface area contributed by atoms with Crippen molar-refractivity contribution in [1.29, 1.82) is 0 Å². The van der Waals surface area contributed by atoms with Gasteiger partial charge in [0, 0.05) is 30.8 Å². The van der Waals surface area contributed by atoms with Crippen LogP contribution in [0.25, 0.3) is 11.4 Å². The molecule has 0 unspecified atom stereocenters. The van der Waals surface area contributed by atoms with Crippen molar-refractivity contribution in [3.8, 4) is 11.4 Å². The predicted octanol–water partition coefficient (Wildman–Crippen LogP) is 0.654. The van der Waals surface area contributed by atoms with Crippen LogP contribution in [0.1, 0.15) is 19.2 Å². The first-order chi connectivity index (χ1) is 10.1. The van der Waals surface area contributed by atoms with Crippen molar-refractivity contribution < 1.29 is 19.2 Å². The first kappa shape index (κ1) is 14.6. The van der Waals surface area contributed by atoms with Crippen LogP contribution in [0.15, 0.2) is 29.0 Å². The summed E-state index contributed by atoms with van der Waals surface area (Å²) >= 11 is 0. The lowest BCUT2D eigenvalue weighted by Gasteiger charge is -2.07. The first-order valence-electron chi connectivity index (χ1n) is 6.31. The molecule has 21 heavy (non-hydrogen) atoms. The van der Waals surface area contributed by atoms with E-state index in [0.717, 1.165) is 5.56 Å². The SMILES string of the molecule is C[C@H](NC(=O)CCc1nc(-c2ccncc2)no1)C(=O)O. The van der Waals surface area contributed by atoms with E-state index in [1.54, 1.807) is 24.5 Å². The third-order valence-corrected chi connectivity index (χ3v) is 2.72. The molecule has 0 spiro atoms. The van der Waals surface area contributed by atoms with Gasteiger partial charge >= 0.3 is 5.97 Å². The Bertz CT molecular complexity index is 626. The minimum Gasteiger partial charge on any atom is -0.480 e. The summed E-state index contributed by atoms with van der Waals surface area (Å²) in [6, 6.07) is 2.57. The maximum absolute atomic E-state index is 11.5. The zero-order valence-electron chi connectivity index (χ0n) is 11.3. The van der Waals surface area contributed by atoms with Crippen LogP contribution < -0.4 is 5.32 Å². The molecule has 2 N–H and O–H groups in total. The number of pyridine rings is 1. The van der Waals surface area contributed by atoms with Crippen LogP contribution in [0.2, 0.25) is 0 Å². The van der Waals surface area contributed by atoms with E-state index in [0.29, 0.717) is 11.7 Å². The molecule has 0 aromatic carbocycles. The molecule has 0 aliphatic heterocycles. The van der Waals surface area contributed by atoms with Crippen molar-refractivity contribution in [2.75, 3.05) is 0 Å². The number of nitrogens with one attached hydrogen (secondary N) is 1. The second kappa shape index (κ2) is 6.60. The Morgan fingerprint density at radius 3 is 2.76 bits per heavy atom. The highest BCUT2D eigenvalue weighted by Gasteiger charge is 2.15. The molecule has 1 atom stereocenters. The molecule has 0 fully saturated rings. The average Bonchev–Trinajstić information content (AvgIpc) is 2.95. The highest BCUT2D eigenvalue weighted by Crippen LogP contribution is 2.14. The number of aromatic nitrogens is 3. The Balaban J connectivity index is 1.89. The zero-order chi connectivity index (χ0) is 15.2. The van der Waals surface area contributed by atoms with Crippen LogP contribution in [-0.2, 0) is 16.0 Å². The molecule has 110 valence electrons. The van der Waals surface area contributed by atoms with Crippen molar-refractivity contribution in [3.05, 3.63) is 30.4 Å². The van der Waals surface area contributed by atoms with E-state index < -0.39 is 12.0 Å². The fraction of sp³-hybridized carbons (Fsp3) is 0.308. The number of carboxylic acid groups (broad SMARTS) is 1. The largest absolute Gasteiger partial charge is 0.480 e. The van der Waals surface area contributed by atoms with E-state index in [4.69, 9.17) is 9.63 Å². The number of carbonyl (C=O) groups excluding carboxylic acids is 1. The lowest BCUT2D eigenvalue weighted by molar-refractivity contribution is -0.141. The molecule has 1 amide bonds. The van der Waals surface area contributed by atoms with Crippen LogP contribution in [0.5, 0.6) is 0 Å². The van der Waals surface area contributed by atoms with Gasteiger partial charge in [-0.15, -0.1) is 0 Å². The first-order valence-corrected chi connectivity index (χ1v) is 6.31. The van der Waals surface area contributed by atoms with Gasteiger partial charge < -0.3 is 14.9 Å². The van der Waals surface area contributed by atoms with Gasteiger partial charge in [-0.25, -0.2) is 0 Å². The topological polar surface area (TPSA) is 118 Å². The molecule has 8 heteroatoms. The quantitative estimate of drug-likeness (QED) is 0.801. The smallest absolute Gasteiger partial charge is 0.325 e. The Labute approximate surface area is 120 Å². The van der Waals surface area contributed by atoms with Crippen LogP contribution in [-0.4, -0.2) is 38.1 Å². The van der Waals surface area contributed by atoms with Gasteiger partial charge in [0.05, 0.1) is 0 Å². The van der Waals surface area contributed by atoms with Crippen LogP contribution in [0.4, 0.5) is 0 Å². The third kappa shape index (κ3) is 4.10. The third-order valence-electron chi connectivity index (χ3n) is 2.72. The van der Waals surface area contributed by atoms with E-state index in [-0.39, 0.29) is 18.7 Å². The van der Waals surface area contributed by atoms with E-state index in [9.17, 15) is 9.59 Å². The minimum atomic E-state index is -1.08. The highest BCUT2D eigenvalue weighted by atomic mass is 16.5. The fourth-order valence-electron chi connectivity index (χ4n) is 1.57. The van der Waals surface area contributed by atoms with Gasteiger partial charge in [0.25, 0.3) is 0 Å². The summed E-state index contributed by atoms with van der Waals surface area (Å²) in [5.74, 6) is -0.721. The van der Waals surface area contributed by atoms with Gasteiger partial charge in [-0.2, -0.15) is 4.98 Å². The summed E-state index contributed by atoms with van der Waals surface area (Å²) in [6.45, 7) is 1.40. The summed E-state index contributed by atoms with van der Waals surface area (Å²) in [7, 11) is 0. The number of amides is 1. The standard InChI is InChI=1S/C13H14N4O4/c1-8(13(19)20)15-10(18)2-3-11-16-12(17-21-11)9-4-6-14-7-5-9/h4-8H,2-3H2,1H3,(H,15,18)(H,19,20)/t8-/m0/s1. The maximum Gasteiger partial charge on any atom is 0.325 e. The fourth-order valence-corrected chi connectivity index (χ4v) is 1.57. The molecule has 0 saturated carbocycles. The summed E-state index contributed by atoms with van der Waals surface area (Å²) in [6.07, 6.45) is 3.56. The number of carbonyl (C=O) groups is 2. The van der Waals surface area contributed by atoms with Gasteiger partial charge in [-0.3, -0.25) is 14.6 Å². The minimum absolute atomic E-state index is 0.0790. The van der Waals surface area contributed by atoms with Crippen LogP contribution in [0.3, 0.4) is 0 Å². The molecule has 0 bridgehead atoms. The van der Waals surface area contributed by atoms with E-state index in [1.807, 2.05) is 0 Å². The number of aryl methyl sites for hydroxylation is 1. The Kier molecular flexibility index (Phi) is 4.60. The predicted molar refractivity (Wildman–Crippen MR) is 71.1 cm³/mol. The van der Waals surface area contributed by atoms with Gasteiger partial charge in [-0.05, 0) is 19.1 Å². The molecule has 8 nitrogen and oxygen atoms in total.